The maximum atomic E-state index is 13.2. The van der Waals surface area contributed by atoms with Gasteiger partial charge in [-0.25, -0.2) is 9.78 Å². The number of pyridine rings is 1. The van der Waals surface area contributed by atoms with Crippen LogP contribution < -0.4 is 11.2 Å². The molecule has 118 valence electrons. The van der Waals surface area contributed by atoms with Crippen LogP contribution >= 0.6 is 0 Å². The molecule has 0 radical (unpaired) electrons. The zero-order valence-corrected chi connectivity index (χ0v) is 12.8. The number of benzene rings is 3. The molecule has 0 saturated carbocycles. The highest BCUT2D eigenvalue weighted by molar-refractivity contribution is 6.15. The molecule has 6 heteroatoms. The van der Waals surface area contributed by atoms with Crippen LogP contribution in [0.2, 0.25) is 0 Å². The maximum Gasteiger partial charge on any atom is 0.323 e. The fraction of sp³-hybridized carbons (Fsp3) is 0. The number of aromatic amines is 2. The lowest BCUT2D eigenvalue weighted by Crippen LogP contribution is -2.13. The molecule has 6 aromatic rings. The molecule has 0 spiro atoms. The number of nitrogens with zero attached hydrogens (tertiary/aromatic N) is 2. The Labute approximate surface area is 138 Å². The molecular weight excluding hydrogens is 316 g/mol. The number of rotatable bonds is 0. The smallest absolute Gasteiger partial charge is 0.306 e. The topological polar surface area (TPSA) is 83.0 Å². The molecule has 2 N–H and O–H groups in total. The largest absolute Gasteiger partial charge is 0.323 e. The predicted molar refractivity (Wildman–Crippen MR) is 97.6 cm³/mol. The van der Waals surface area contributed by atoms with Gasteiger partial charge in [-0.05, 0) is 23.6 Å². The molecule has 0 aliphatic carbocycles. The molecule has 3 aromatic heterocycles. The SMILES string of the molecule is O=c1[nH]c2cc3nc4c5cccc6cccc(c(=O)n4c3cc2[nH]1)c65. The van der Waals surface area contributed by atoms with E-state index in [1.807, 2.05) is 36.4 Å². The van der Waals surface area contributed by atoms with Gasteiger partial charge < -0.3 is 9.97 Å². The highest BCUT2D eigenvalue weighted by Crippen LogP contribution is 2.30. The molecule has 0 saturated heterocycles. The molecule has 0 bridgehead atoms. The molecule has 6 rings (SSSR count). The Bertz CT molecular complexity index is 1580. The normalized spacial score (nSPS) is 12.3. The average Bonchev–Trinajstić information content (AvgIpc) is 3.16. The Morgan fingerprint density at radius 3 is 2.40 bits per heavy atom. The van der Waals surface area contributed by atoms with E-state index in [2.05, 4.69) is 9.97 Å². The van der Waals surface area contributed by atoms with Crippen molar-refractivity contribution >= 4 is 49.3 Å². The van der Waals surface area contributed by atoms with Crippen molar-refractivity contribution in [3.63, 3.8) is 0 Å². The summed E-state index contributed by atoms with van der Waals surface area (Å²) < 4.78 is 1.64. The summed E-state index contributed by atoms with van der Waals surface area (Å²) in [5.41, 5.74) is 2.97. The van der Waals surface area contributed by atoms with Crippen LogP contribution in [0.4, 0.5) is 0 Å². The van der Waals surface area contributed by atoms with Crippen LogP contribution in [0.1, 0.15) is 0 Å². The van der Waals surface area contributed by atoms with Gasteiger partial charge in [0.2, 0.25) is 0 Å². The second kappa shape index (κ2) is 4.05. The van der Waals surface area contributed by atoms with Gasteiger partial charge in [0.1, 0.15) is 5.65 Å². The number of H-pyrrole nitrogens is 2. The first-order chi connectivity index (χ1) is 12.2. The van der Waals surface area contributed by atoms with E-state index in [9.17, 15) is 9.59 Å². The summed E-state index contributed by atoms with van der Waals surface area (Å²) in [4.78, 5) is 34.8. The van der Waals surface area contributed by atoms with Crippen LogP contribution in [-0.4, -0.2) is 19.4 Å². The van der Waals surface area contributed by atoms with E-state index in [4.69, 9.17) is 4.98 Å². The zero-order valence-electron chi connectivity index (χ0n) is 12.8. The number of hydrogen-bond acceptors (Lipinski definition) is 3. The summed E-state index contributed by atoms with van der Waals surface area (Å²) >= 11 is 0. The minimum atomic E-state index is -0.275. The Hall–Kier alpha value is -3.67. The summed E-state index contributed by atoms with van der Waals surface area (Å²) in [6.45, 7) is 0. The second-order valence-corrected chi connectivity index (χ2v) is 6.25. The predicted octanol–water partition coefficient (Wildman–Crippen LogP) is 2.76. The molecule has 0 atom stereocenters. The highest BCUT2D eigenvalue weighted by Gasteiger charge is 2.16. The molecule has 3 heterocycles. The van der Waals surface area contributed by atoms with Gasteiger partial charge in [0.05, 0.1) is 22.1 Å². The molecule has 3 aromatic carbocycles. The lowest BCUT2D eigenvalue weighted by Gasteiger charge is -2.06. The first-order valence-electron chi connectivity index (χ1n) is 7.92. The van der Waals surface area contributed by atoms with Gasteiger partial charge >= 0.3 is 5.69 Å². The van der Waals surface area contributed by atoms with Gasteiger partial charge in [0, 0.05) is 16.2 Å². The molecule has 0 unspecified atom stereocenters. The number of imidazole rings is 2. The van der Waals surface area contributed by atoms with Gasteiger partial charge in [-0.15, -0.1) is 0 Å². The summed E-state index contributed by atoms with van der Waals surface area (Å²) in [5, 5.41) is 3.58. The molecule has 0 aliphatic heterocycles. The Morgan fingerprint density at radius 1 is 0.880 bits per heavy atom. The van der Waals surface area contributed by atoms with Crippen molar-refractivity contribution in [1.82, 2.24) is 19.4 Å². The highest BCUT2D eigenvalue weighted by atomic mass is 16.1. The van der Waals surface area contributed by atoms with Crippen LogP contribution in [0.3, 0.4) is 0 Å². The Kier molecular flexibility index (Phi) is 2.06. The van der Waals surface area contributed by atoms with Crippen molar-refractivity contribution < 1.29 is 0 Å². The fourth-order valence-corrected chi connectivity index (χ4v) is 3.82. The molecule has 0 aliphatic rings. The van der Waals surface area contributed by atoms with Crippen LogP contribution in [0, 0.1) is 0 Å². The Morgan fingerprint density at radius 2 is 1.60 bits per heavy atom. The zero-order chi connectivity index (χ0) is 16.7. The number of fused-ring (bicyclic) bond motifs is 5. The van der Waals surface area contributed by atoms with E-state index in [-0.39, 0.29) is 11.2 Å². The first-order valence-corrected chi connectivity index (χ1v) is 7.92. The van der Waals surface area contributed by atoms with E-state index in [0.717, 1.165) is 16.2 Å². The van der Waals surface area contributed by atoms with Gasteiger partial charge in [-0.2, -0.15) is 0 Å². The van der Waals surface area contributed by atoms with Crippen LogP contribution in [-0.2, 0) is 0 Å². The van der Waals surface area contributed by atoms with Crippen molar-refractivity contribution in [1.29, 1.82) is 0 Å². The van der Waals surface area contributed by atoms with E-state index >= 15 is 0 Å². The molecule has 0 amide bonds. The third kappa shape index (κ3) is 1.46. The standard InChI is InChI=1S/C19H10N4O2/c24-18-11-6-2-4-9-3-1-5-10(16(9)11)17-20-14-7-12-13(22-19(25)21-12)8-15(14)23(17)18/h1-8H,(H2,21,22,25). The van der Waals surface area contributed by atoms with Crippen molar-refractivity contribution in [2.24, 2.45) is 0 Å². The molecular formula is C19H10N4O2. The Balaban J connectivity index is 1.99. The average molecular weight is 326 g/mol. The fourth-order valence-electron chi connectivity index (χ4n) is 3.82. The van der Waals surface area contributed by atoms with Gasteiger partial charge in [-0.3, -0.25) is 9.20 Å². The van der Waals surface area contributed by atoms with Gasteiger partial charge in [0.15, 0.2) is 0 Å². The second-order valence-electron chi connectivity index (χ2n) is 6.25. The lowest BCUT2D eigenvalue weighted by molar-refractivity contribution is 1.19. The minimum absolute atomic E-state index is 0.0981. The molecule has 6 nitrogen and oxygen atoms in total. The summed E-state index contributed by atoms with van der Waals surface area (Å²) in [6, 6.07) is 15.3. The summed E-state index contributed by atoms with van der Waals surface area (Å²) in [5.74, 6) is 0. The van der Waals surface area contributed by atoms with Crippen molar-refractivity contribution in [2.45, 2.75) is 0 Å². The summed E-state index contributed by atoms with van der Waals surface area (Å²) in [6.07, 6.45) is 0. The quantitative estimate of drug-likeness (QED) is 0.450. The lowest BCUT2D eigenvalue weighted by atomic mass is 10.0. The van der Waals surface area contributed by atoms with Crippen LogP contribution in [0.15, 0.2) is 58.1 Å². The van der Waals surface area contributed by atoms with E-state index in [1.54, 1.807) is 16.5 Å². The molecule has 0 fully saturated rings. The van der Waals surface area contributed by atoms with E-state index < -0.39 is 0 Å². The minimum Gasteiger partial charge on any atom is -0.306 e. The maximum absolute atomic E-state index is 13.2. The van der Waals surface area contributed by atoms with E-state index in [1.165, 1.54) is 0 Å². The summed E-state index contributed by atoms with van der Waals surface area (Å²) in [7, 11) is 0. The van der Waals surface area contributed by atoms with Crippen molar-refractivity contribution in [3.05, 3.63) is 69.4 Å². The van der Waals surface area contributed by atoms with Crippen molar-refractivity contribution in [3.8, 4) is 0 Å². The first kappa shape index (κ1) is 12.7. The van der Waals surface area contributed by atoms with Crippen LogP contribution in [0.25, 0.3) is 49.3 Å². The molecule has 25 heavy (non-hydrogen) atoms. The number of hydrogen-bond donors (Lipinski definition) is 2. The van der Waals surface area contributed by atoms with E-state index in [0.29, 0.717) is 33.1 Å². The van der Waals surface area contributed by atoms with Gasteiger partial charge in [0.25, 0.3) is 5.56 Å². The number of aromatic nitrogens is 4. The number of nitrogens with one attached hydrogen (secondary N) is 2. The van der Waals surface area contributed by atoms with Gasteiger partial charge in [-0.1, -0.05) is 30.3 Å². The monoisotopic (exact) mass is 326 g/mol. The van der Waals surface area contributed by atoms with Crippen molar-refractivity contribution in [2.75, 3.05) is 0 Å². The third-order valence-electron chi connectivity index (χ3n) is 4.87. The van der Waals surface area contributed by atoms with Crippen LogP contribution in [0.5, 0.6) is 0 Å². The third-order valence-corrected chi connectivity index (χ3v) is 4.87.